The molecule has 1 aromatic carbocycles. The molecule has 0 radical (unpaired) electrons. The molecule has 0 spiro atoms. The lowest BCUT2D eigenvalue weighted by molar-refractivity contribution is 0.211. The summed E-state index contributed by atoms with van der Waals surface area (Å²) in [6.07, 6.45) is 6.28. The van der Waals surface area contributed by atoms with Gasteiger partial charge in [0, 0.05) is 44.8 Å². The van der Waals surface area contributed by atoms with Crippen LogP contribution in [0.4, 0.5) is 16.0 Å². The molecular weight excluding hydrogens is 381 g/mol. The van der Waals surface area contributed by atoms with Crippen molar-refractivity contribution >= 4 is 11.6 Å². The second kappa shape index (κ2) is 9.60. The SMILES string of the molecule is COc1ccc(CN2CCC(Nc3cc(N4CCCC(C)C4)ncn3)CC2)cc1F. The van der Waals surface area contributed by atoms with Crippen molar-refractivity contribution in [3.63, 3.8) is 0 Å². The third-order valence-corrected chi connectivity index (χ3v) is 6.20. The summed E-state index contributed by atoms with van der Waals surface area (Å²) in [4.78, 5) is 13.7. The Morgan fingerprint density at radius 1 is 1.13 bits per heavy atom. The highest BCUT2D eigenvalue weighted by Gasteiger charge is 2.21. The van der Waals surface area contributed by atoms with Crippen molar-refractivity contribution in [3.8, 4) is 5.75 Å². The van der Waals surface area contributed by atoms with Crippen molar-refractivity contribution < 1.29 is 9.13 Å². The van der Waals surface area contributed by atoms with Crippen molar-refractivity contribution in [2.24, 2.45) is 5.92 Å². The van der Waals surface area contributed by atoms with Crippen LogP contribution in [0.3, 0.4) is 0 Å². The van der Waals surface area contributed by atoms with Crippen LogP contribution in [0.2, 0.25) is 0 Å². The van der Waals surface area contributed by atoms with Crippen molar-refractivity contribution in [3.05, 3.63) is 42.0 Å². The van der Waals surface area contributed by atoms with Gasteiger partial charge in [0.2, 0.25) is 0 Å². The Labute approximate surface area is 178 Å². The molecule has 2 aromatic rings. The number of nitrogens with one attached hydrogen (secondary N) is 1. The van der Waals surface area contributed by atoms with Gasteiger partial charge in [-0.3, -0.25) is 4.90 Å². The zero-order chi connectivity index (χ0) is 20.9. The third kappa shape index (κ3) is 5.19. The van der Waals surface area contributed by atoms with E-state index in [0.29, 0.717) is 17.7 Å². The molecule has 0 bridgehead atoms. The minimum atomic E-state index is -0.297. The van der Waals surface area contributed by atoms with E-state index < -0.39 is 0 Å². The van der Waals surface area contributed by atoms with Gasteiger partial charge in [0.1, 0.15) is 18.0 Å². The Kier molecular flexibility index (Phi) is 6.67. The zero-order valence-electron chi connectivity index (χ0n) is 18.0. The van der Waals surface area contributed by atoms with Gasteiger partial charge in [0.15, 0.2) is 11.6 Å². The first-order valence-electron chi connectivity index (χ1n) is 11.0. The van der Waals surface area contributed by atoms with E-state index in [9.17, 15) is 4.39 Å². The number of methoxy groups -OCH3 is 1. The molecule has 2 aliphatic rings. The summed E-state index contributed by atoms with van der Waals surface area (Å²) >= 11 is 0. The number of aromatic nitrogens is 2. The average Bonchev–Trinajstić information content (AvgIpc) is 2.76. The molecule has 2 fully saturated rings. The van der Waals surface area contributed by atoms with Crippen molar-refractivity contribution in [1.29, 1.82) is 0 Å². The number of benzene rings is 1. The van der Waals surface area contributed by atoms with Crippen molar-refractivity contribution in [1.82, 2.24) is 14.9 Å². The number of hydrogen-bond acceptors (Lipinski definition) is 6. The van der Waals surface area contributed by atoms with Crippen LogP contribution in [-0.4, -0.2) is 54.2 Å². The van der Waals surface area contributed by atoms with Crippen molar-refractivity contribution in [2.75, 3.05) is 43.5 Å². The number of ether oxygens (including phenoxy) is 1. The maximum atomic E-state index is 13.9. The molecule has 1 N–H and O–H groups in total. The molecule has 2 saturated heterocycles. The van der Waals surface area contributed by atoms with Crippen LogP contribution in [-0.2, 0) is 6.54 Å². The summed E-state index contributed by atoms with van der Waals surface area (Å²) in [6.45, 7) is 7.17. The van der Waals surface area contributed by atoms with E-state index in [4.69, 9.17) is 4.74 Å². The number of halogens is 1. The molecule has 162 valence electrons. The van der Waals surface area contributed by atoms with E-state index in [1.165, 1.54) is 20.0 Å². The fourth-order valence-corrected chi connectivity index (χ4v) is 4.51. The van der Waals surface area contributed by atoms with Gasteiger partial charge < -0.3 is 15.0 Å². The van der Waals surface area contributed by atoms with E-state index in [2.05, 4.69) is 38.1 Å². The maximum Gasteiger partial charge on any atom is 0.165 e. The second-order valence-corrected chi connectivity index (χ2v) is 8.62. The smallest absolute Gasteiger partial charge is 0.165 e. The first-order chi connectivity index (χ1) is 14.6. The lowest BCUT2D eigenvalue weighted by Gasteiger charge is -2.33. The van der Waals surface area contributed by atoms with Crippen LogP contribution in [0, 0.1) is 11.7 Å². The predicted molar refractivity (Wildman–Crippen MR) is 118 cm³/mol. The average molecular weight is 414 g/mol. The highest BCUT2D eigenvalue weighted by molar-refractivity contribution is 5.49. The van der Waals surface area contributed by atoms with Gasteiger partial charge in [-0.15, -0.1) is 0 Å². The van der Waals surface area contributed by atoms with Gasteiger partial charge in [-0.05, 0) is 49.3 Å². The van der Waals surface area contributed by atoms with E-state index in [0.717, 1.165) is 62.8 Å². The first kappa shape index (κ1) is 20.8. The van der Waals surface area contributed by atoms with Crippen LogP contribution in [0.5, 0.6) is 5.75 Å². The topological polar surface area (TPSA) is 53.5 Å². The highest BCUT2D eigenvalue weighted by Crippen LogP contribution is 2.24. The third-order valence-electron chi connectivity index (χ3n) is 6.20. The van der Waals surface area contributed by atoms with Gasteiger partial charge in [-0.1, -0.05) is 13.0 Å². The fourth-order valence-electron chi connectivity index (χ4n) is 4.51. The highest BCUT2D eigenvalue weighted by atomic mass is 19.1. The van der Waals surface area contributed by atoms with Gasteiger partial charge in [0.05, 0.1) is 7.11 Å². The molecule has 30 heavy (non-hydrogen) atoms. The van der Waals surface area contributed by atoms with Gasteiger partial charge in [0.25, 0.3) is 0 Å². The number of likely N-dealkylation sites (tertiary alicyclic amines) is 1. The minimum Gasteiger partial charge on any atom is -0.494 e. The van der Waals surface area contributed by atoms with Crippen LogP contribution in [0.25, 0.3) is 0 Å². The predicted octanol–water partition coefficient (Wildman–Crippen LogP) is 3.94. The number of hydrogen-bond donors (Lipinski definition) is 1. The van der Waals surface area contributed by atoms with Crippen LogP contribution < -0.4 is 15.0 Å². The van der Waals surface area contributed by atoms with E-state index in [1.54, 1.807) is 18.5 Å². The number of piperidine rings is 2. The molecule has 2 aliphatic heterocycles. The number of nitrogens with zero attached hydrogens (tertiary/aromatic N) is 4. The van der Waals surface area contributed by atoms with E-state index in [1.807, 2.05) is 6.07 Å². The minimum absolute atomic E-state index is 0.296. The molecule has 0 aliphatic carbocycles. The molecule has 1 atom stereocenters. The fraction of sp³-hybridized carbons (Fsp3) is 0.565. The second-order valence-electron chi connectivity index (χ2n) is 8.62. The molecule has 0 saturated carbocycles. The lowest BCUT2D eigenvalue weighted by atomic mass is 10.0. The van der Waals surface area contributed by atoms with Crippen LogP contribution >= 0.6 is 0 Å². The summed E-state index contributed by atoms with van der Waals surface area (Å²) in [5.74, 6) is 2.65. The van der Waals surface area contributed by atoms with E-state index >= 15 is 0 Å². The molecule has 1 aromatic heterocycles. The van der Waals surface area contributed by atoms with Crippen molar-refractivity contribution in [2.45, 2.75) is 45.2 Å². The summed E-state index contributed by atoms with van der Waals surface area (Å²) < 4.78 is 18.9. The molecule has 1 unspecified atom stereocenters. The quantitative estimate of drug-likeness (QED) is 0.774. The van der Waals surface area contributed by atoms with Crippen LogP contribution in [0.1, 0.15) is 38.2 Å². The molecule has 4 rings (SSSR count). The summed E-state index contributed by atoms with van der Waals surface area (Å²) in [6, 6.07) is 7.71. The van der Waals surface area contributed by atoms with Gasteiger partial charge in [-0.2, -0.15) is 0 Å². The molecular formula is C23H32FN5O. The molecule has 3 heterocycles. The number of anilines is 2. The Morgan fingerprint density at radius 3 is 2.70 bits per heavy atom. The monoisotopic (exact) mass is 413 g/mol. The Bertz CT molecular complexity index is 840. The molecule has 6 nitrogen and oxygen atoms in total. The first-order valence-corrected chi connectivity index (χ1v) is 11.0. The largest absolute Gasteiger partial charge is 0.494 e. The summed E-state index contributed by atoms with van der Waals surface area (Å²) in [5.41, 5.74) is 0.982. The summed E-state index contributed by atoms with van der Waals surface area (Å²) in [5, 5.41) is 3.60. The molecule has 0 amide bonds. The Morgan fingerprint density at radius 2 is 1.97 bits per heavy atom. The normalized spacial score (nSPS) is 20.9. The molecule has 7 heteroatoms. The maximum absolute atomic E-state index is 13.9. The van der Waals surface area contributed by atoms with Gasteiger partial charge in [-0.25, -0.2) is 14.4 Å². The summed E-state index contributed by atoms with van der Waals surface area (Å²) in [7, 11) is 1.49. The Hall–Kier alpha value is -2.41. The van der Waals surface area contributed by atoms with E-state index in [-0.39, 0.29) is 5.82 Å². The zero-order valence-corrected chi connectivity index (χ0v) is 18.0. The number of rotatable bonds is 6. The lowest BCUT2D eigenvalue weighted by Crippen LogP contribution is -2.39. The van der Waals surface area contributed by atoms with Crippen LogP contribution in [0.15, 0.2) is 30.6 Å². The van der Waals surface area contributed by atoms with Gasteiger partial charge >= 0.3 is 0 Å². The Balaban J connectivity index is 1.28. The standard InChI is InChI=1S/C23H32FN5O/c1-17-4-3-9-29(14-17)23-13-22(25-16-26-23)27-19-7-10-28(11-8-19)15-18-5-6-21(30-2)20(24)12-18/h5-6,12-13,16-17,19H,3-4,7-11,14-15H2,1-2H3,(H,25,26,27).